The molecule has 0 atom stereocenters. The molecule has 0 spiro atoms. The first kappa shape index (κ1) is 18.7. The molecule has 2 aromatic rings. The summed E-state index contributed by atoms with van der Waals surface area (Å²) in [7, 11) is 0. The van der Waals surface area contributed by atoms with E-state index in [4.69, 9.17) is 4.74 Å². The SMILES string of the molecule is O=C(COC(=O)/C=C/c1cccc(C(F)(F)F)c1)NCc1cccs1. The van der Waals surface area contributed by atoms with Crippen LogP contribution in [0.1, 0.15) is 16.0 Å². The quantitative estimate of drug-likeness (QED) is 0.625. The van der Waals surface area contributed by atoms with Gasteiger partial charge >= 0.3 is 12.1 Å². The molecule has 0 unspecified atom stereocenters. The fraction of sp³-hybridized carbons (Fsp3) is 0.176. The Labute approximate surface area is 145 Å². The molecule has 2 rings (SSSR count). The number of ether oxygens (including phenoxy) is 1. The van der Waals surface area contributed by atoms with Crippen LogP contribution in [0, 0.1) is 0 Å². The Morgan fingerprint density at radius 3 is 2.68 bits per heavy atom. The molecule has 1 amide bonds. The lowest BCUT2D eigenvalue weighted by Gasteiger charge is -2.06. The summed E-state index contributed by atoms with van der Waals surface area (Å²) in [4.78, 5) is 24.0. The van der Waals surface area contributed by atoms with Crippen LogP contribution in [0.5, 0.6) is 0 Å². The number of rotatable bonds is 6. The summed E-state index contributed by atoms with van der Waals surface area (Å²) in [6.45, 7) is -0.120. The molecule has 0 saturated heterocycles. The fourth-order valence-corrected chi connectivity index (χ4v) is 2.46. The molecule has 1 N–H and O–H groups in total. The van der Waals surface area contributed by atoms with Crippen molar-refractivity contribution in [3.8, 4) is 0 Å². The van der Waals surface area contributed by atoms with E-state index in [9.17, 15) is 22.8 Å². The Balaban J connectivity index is 1.79. The maximum absolute atomic E-state index is 12.6. The van der Waals surface area contributed by atoms with Crippen LogP contribution in [0.3, 0.4) is 0 Å². The van der Waals surface area contributed by atoms with Crippen LogP contribution >= 0.6 is 11.3 Å². The van der Waals surface area contributed by atoms with Gasteiger partial charge in [0.05, 0.1) is 12.1 Å². The van der Waals surface area contributed by atoms with Gasteiger partial charge in [0, 0.05) is 11.0 Å². The average Bonchev–Trinajstić information content (AvgIpc) is 3.09. The number of carbonyl (C=O) groups is 2. The van der Waals surface area contributed by atoms with Crippen LogP contribution in [0.2, 0.25) is 0 Å². The highest BCUT2D eigenvalue weighted by atomic mass is 32.1. The zero-order chi connectivity index (χ0) is 18.3. The van der Waals surface area contributed by atoms with Gasteiger partial charge in [-0.05, 0) is 35.2 Å². The van der Waals surface area contributed by atoms with Crippen LogP contribution in [0.4, 0.5) is 13.2 Å². The minimum atomic E-state index is -4.45. The van der Waals surface area contributed by atoms with Crippen molar-refractivity contribution in [3.05, 3.63) is 63.9 Å². The van der Waals surface area contributed by atoms with Crippen molar-refractivity contribution in [2.45, 2.75) is 12.7 Å². The second kappa shape index (κ2) is 8.48. The van der Waals surface area contributed by atoms with Gasteiger partial charge in [-0.15, -0.1) is 11.3 Å². The van der Waals surface area contributed by atoms with Crippen molar-refractivity contribution in [1.82, 2.24) is 5.32 Å². The third-order valence-corrected chi connectivity index (χ3v) is 3.89. The molecule has 4 nitrogen and oxygen atoms in total. The molecule has 0 saturated carbocycles. The Morgan fingerprint density at radius 1 is 1.20 bits per heavy atom. The molecule has 8 heteroatoms. The average molecular weight is 369 g/mol. The van der Waals surface area contributed by atoms with Gasteiger partial charge in [-0.2, -0.15) is 13.2 Å². The van der Waals surface area contributed by atoms with E-state index in [1.165, 1.54) is 29.5 Å². The molecule has 0 aliphatic rings. The minimum absolute atomic E-state index is 0.203. The highest BCUT2D eigenvalue weighted by Gasteiger charge is 2.30. The van der Waals surface area contributed by atoms with Crippen molar-refractivity contribution in [2.24, 2.45) is 0 Å². The predicted octanol–water partition coefficient (Wildman–Crippen LogP) is 3.64. The number of hydrogen-bond donors (Lipinski definition) is 1. The summed E-state index contributed by atoms with van der Waals surface area (Å²) < 4.78 is 42.5. The van der Waals surface area contributed by atoms with Gasteiger partial charge in [-0.3, -0.25) is 4.79 Å². The van der Waals surface area contributed by atoms with E-state index in [2.05, 4.69) is 5.32 Å². The first-order valence-electron chi connectivity index (χ1n) is 7.16. The first-order chi connectivity index (χ1) is 11.8. The molecule has 1 aromatic heterocycles. The van der Waals surface area contributed by atoms with Crippen molar-refractivity contribution in [2.75, 3.05) is 6.61 Å². The third-order valence-electron chi connectivity index (χ3n) is 3.01. The predicted molar refractivity (Wildman–Crippen MR) is 87.6 cm³/mol. The number of amides is 1. The molecular formula is C17H14F3NO3S. The normalized spacial score (nSPS) is 11.5. The highest BCUT2D eigenvalue weighted by molar-refractivity contribution is 7.09. The van der Waals surface area contributed by atoms with Gasteiger partial charge in [0.1, 0.15) is 0 Å². The van der Waals surface area contributed by atoms with Crippen LogP contribution in [-0.4, -0.2) is 18.5 Å². The fourth-order valence-electron chi connectivity index (χ4n) is 1.82. The van der Waals surface area contributed by atoms with Crippen molar-refractivity contribution >= 4 is 29.3 Å². The summed E-state index contributed by atoms with van der Waals surface area (Å²) in [5.41, 5.74) is -0.607. The van der Waals surface area contributed by atoms with Gasteiger partial charge in [-0.25, -0.2) is 4.79 Å². The number of nitrogens with one attached hydrogen (secondary N) is 1. The lowest BCUT2D eigenvalue weighted by Crippen LogP contribution is -2.27. The van der Waals surface area contributed by atoms with E-state index >= 15 is 0 Å². The van der Waals surface area contributed by atoms with Crippen molar-refractivity contribution in [1.29, 1.82) is 0 Å². The van der Waals surface area contributed by atoms with E-state index in [1.807, 2.05) is 17.5 Å². The van der Waals surface area contributed by atoms with E-state index in [0.717, 1.165) is 23.1 Å². The third kappa shape index (κ3) is 6.42. The molecule has 0 fully saturated rings. The largest absolute Gasteiger partial charge is 0.452 e. The smallest absolute Gasteiger partial charge is 0.416 e. The number of benzene rings is 1. The first-order valence-corrected chi connectivity index (χ1v) is 8.04. The van der Waals surface area contributed by atoms with Gasteiger partial charge in [0.2, 0.25) is 0 Å². The molecule has 132 valence electrons. The van der Waals surface area contributed by atoms with E-state index in [-0.39, 0.29) is 5.56 Å². The summed E-state index contributed by atoms with van der Waals surface area (Å²) in [6, 6.07) is 8.23. The van der Waals surface area contributed by atoms with Crippen LogP contribution in [0.15, 0.2) is 47.9 Å². The monoisotopic (exact) mass is 369 g/mol. The highest BCUT2D eigenvalue weighted by Crippen LogP contribution is 2.29. The maximum Gasteiger partial charge on any atom is 0.416 e. The Hall–Kier alpha value is -2.61. The summed E-state index contributed by atoms with van der Waals surface area (Å²) in [5.74, 6) is -1.28. The number of esters is 1. The second-order valence-corrected chi connectivity index (χ2v) is 5.95. The topological polar surface area (TPSA) is 55.4 Å². The number of thiophene rings is 1. The summed E-state index contributed by atoms with van der Waals surface area (Å²) >= 11 is 1.48. The molecule has 0 radical (unpaired) electrons. The number of halogens is 3. The number of carbonyl (C=O) groups excluding carboxylic acids is 2. The van der Waals surface area contributed by atoms with Gasteiger partial charge in [-0.1, -0.05) is 18.2 Å². The maximum atomic E-state index is 12.6. The Kier molecular flexibility index (Phi) is 6.35. The van der Waals surface area contributed by atoms with Crippen LogP contribution in [-0.2, 0) is 27.0 Å². The number of hydrogen-bond acceptors (Lipinski definition) is 4. The minimum Gasteiger partial charge on any atom is -0.452 e. The van der Waals surface area contributed by atoms with Gasteiger partial charge < -0.3 is 10.1 Å². The molecule has 25 heavy (non-hydrogen) atoms. The van der Waals surface area contributed by atoms with E-state index < -0.39 is 30.2 Å². The molecule has 1 aromatic carbocycles. The Morgan fingerprint density at radius 2 is 2.00 bits per heavy atom. The molecule has 0 bridgehead atoms. The van der Waals surface area contributed by atoms with Gasteiger partial charge in [0.15, 0.2) is 6.61 Å². The Bertz CT molecular complexity index is 755. The zero-order valence-electron chi connectivity index (χ0n) is 12.9. The van der Waals surface area contributed by atoms with Crippen molar-refractivity contribution in [3.63, 3.8) is 0 Å². The van der Waals surface area contributed by atoms with E-state index in [0.29, 0.717) is 6.54 Å². The lowest BCUT2D eigenvalue weighted by atomic mass is 10.1. The summed E-state index contributed by atoms with van der Waals surface area (Å²) in [5, 5.41) is 4.46. The van der Waals surface area contributed by atoms with Gasteiger partial charge in [0.25, 0.3) is 5.91 Å². The second-order valence-electron chi connectivity index (χ2n) is 4.92. The molecule has 0 aliphatic heterocycles. The summed E-state index contributed by atoms with van der Waals surface area (Å²) in [6.07, 6.45) is -2.28. The van der Waals surface area contributed by atoms with E-state index in [1.54, 1.807) is 0 Å². The lowest BCUT2D eigenvalue weighted by molar-refractivity contribution is -0.143. The molecular weight excluding hydrogens is 355 g/mol. The molecule has 0 aliphatic carbocycles. The van der Waals surface area contributed by atoms with Crippen LogP contribution < -0.4 is 5.32 Å². The van der Waals surface area contributed by atoms with Crippen molar-refractivity contribution < 1.29 is 27.5 Å². The standard InChI is InChI=1S/C17H14F3NO3S/c18-17(19,20)13-4-1-3-12(9-13)6-7-16(23)24-11-15(22)21-10-14-5-2-8-25-14/h1-9H,10-11H2,(H,21,22)/b7-6+. The number of alkyl halides is 3. The zero-order valence-corrected chi connectivity index (χ0v) is 13.7. The molecule has 1 heterocycles. The van der Waals surface area contributed by atoms with Crippen LogP contribution in [0.25, 0.3) is 6.08 Å².